The van der Waals surface area contributed by atoms with Gasteiger partial charge in [0.25, 0.3) is 0 Å². The molecule has 0 radical (unpaired) electrons. The van der Waals surface area contributed by atoms with E-state index in [1.165, 1.54) is 18.9 Å². The summed E-state index contributed by atoms with van der Waals surface area (Å²) in [5.41, 5.74) is 0.761. The quantitative estimate of drug-likeness (QED) is 0.768. The molecule has 0 spiro atoms. The number of ether oxygens (including phenoxy) is 1. The lowest BCUT2D eigenvalue weighted by Gasteiger charge is -2.24. The number of thioether (sulfide) groups is 1. The molecule has 7 heteroatoms. The molecule has 2 N–H and O–H groups in total. The van der Waals surface area contributed by atoms with E-state index >= 15 is 0 Å². The van der Waals surface area contributed by atoms with E-state index in [9.17, 15) is 14.4 Å². The number of rotatable bonds is 6. The lowest BCUT2D eigenvalue weighted by Crippen LogP contribution is -2.44. The highest BCUT2D eigenvalue weighted by Crippen LogP contribution is 2.36. The van der Waals surface area contributed by atoms with E-state index in [1.807, 2.05) is 38.1 Å². The molecule has 1 aromatic rings. The van der Waals surface area contributed by atoms with Crippen molar-refractivity contribution in [3.05, 3.63) is 24.3 Å². The Balaban J connectivity index is 1.98. The number of hydrogen-bond acceptors (Lipinski definition) is 5. The zero-order valence-corrected chi connectivity index (χ0v) is 14.8. The fourth-order valence-electron chi connectivity index (χ4n) is 2.48. The van der Waals surface area contributed by atoms with Gasteiger partial charge in [-0.05, 0) is 24.5 Å². The zero-order chi connectivity index (χ0) is 17.7. The Bertz CT molecular complexity index is 633. The molecule has 130 valence electrons. The first-order valence-electron chi connectivity index (χ1n) is 7.84. The van der Waals surface area contributed by atoms with Crippen molar-refractivity contribution >= 4 is 35.2 Å². The maximum Gasteiger partial charge on any atom is 0.328 e. The Kier molecular flexibility index (Phi) is 6.25. The molecule has 0 bridgehead atoms. The molecule has 2 rings (SSSR count). The van der Waals surface area contributed by atoms with Crippen molar-refractivity contribution in [2.24, 2.45) is 5.92 Å². The number of amides is 2. The van der Waals surface area contributed by atoms with Crippen molar-refractivity contribution in [3.8, 4) is 0 Å². The van der Waals surface area contributed by atoms with Crippen LogP contribution < -0.4 is 10.6 Å². The van der Waals surface area contributed by atoms with Gasteiger partial charge in [-0.2, -0.15) is 0 Å². The van der Waals surface area contributed by atoms with E-state index in [2.05, 4.69) is 10.6 Å². The second-order valence-electron chi connectivity index (χ2n) is 6.07. The summed E-state index contributed by atoms with van der Waals surface area (Å²) < 4.78 is 4.73. The van der Waals surface area contributed by atoms with Gasteiger partial charge >= 0.3 is 5.97 Å². The molecule has 2 atom stereocenters. The van der Waals surface area contributed by atoms with Crippen molar-refractivity contribution in [1.82, 2.24) is 5.32 Å². The number of carbonyl (C=O) groups excluding carboxylic acids is 3. The highest BCUT2D eigenvalue weighted by molar-refractivity contribution is 8.01. The number of carbonyl (C=O) groups is 3. The van der Waals surface area contributed by atoms with Crippen molar-refractivity contribution < 1.29 is 19.1 Å². The van der Waals surface area contributed by atoms with Crippen LogP contribution in [0.25, 0.3) is 0 Å². The molecule has 0 unspecified atom stereocenters. The number of nitrogens with one attached hydrogen (secondary N) is 2. The molecule has 0 saturated carbocycles. The van der Waals surface area contributed by atoms with Gasteiger partial charge in [0.2, 0.25) is 11.8 Å². The van der Waals surface area contributed by atoms with Crippen molar-refractivity contribution in [2.45, 2.75) is 42.9 Å². The third-order valence-corrected chi connectivity index (χ3v) is 4.88. The minimum atomic E-state index is -0.688. The van der Waals surface area contributed by atoms with Crippen LogP contribution in [0.2, 0.25) is 0 Å². The van der Waals surface area contributed by atoms with Crippen LogP contribution in [0.5, 0.6) is 0 Å². The van der Waals surface area contributed by atoms with Crippen molar-refractivity contribution in [2.75, 3.05) is 12.4 Å². The number of para-hydroxylation sites is 1. The standard InChI is InChI=1S/C17H22N2O4S/c1-10(2)8-12(17(22)23-3)18-15(20)9-14-16(21)19-11-6-4-5-7-13(11)24-14/h4-7,10,12,14H,8-9H2,1-3H3,(H,18,20)(H,19,21)/t12-,14+/m1/s1. The predicted octanol–water partition coefficient (Wildman–Crippen LogP) is 2.19. The second kappa shape index (κ2) is 8.19. The Labute approximate surface area is 145 Å². The van der Waals surface area contributed by atoms with Gasteiger partial charge in [0.05, 0.1) is 18.0 Å². The topological polar surface area (TPSA) is 84.5 Å². The molecular weight excluding hydrogens is 328 g/mol. The van der Waals surface area contributed by atoms with E-state index < -0.39 is 17.3 Å². The number of fused-ring (bicyclic) bond motifs is 1. The molecule has 0 fully saturated rings. The SMILES string of the molecule is COC(=O)[C@@H](CC(C)C)NC(=O)C[C@@H]1Sc2ccccc2NC1=O. The molecule has 1 aromatic carbocycles. The molecule has 1 aliphatic heterocycles. The van der Waals surface area contributed by atoms with Gasteiger partial charge in [0.1, 0.15) is 6.04 Å². The Morgan fingerprint density at radius 1 is 1.33 bits per heavy atom. The minimum Gasteiger partial charge on any atom is -0.467 e. The summed E-state index contributed by atoms with van der Waals surface area (Å²) in [6.45, 7) is 3.92. The average Bonchev–Trinajstić information content (AvgIpc) is 2.53. The van der Waals surface area contributed by atoms with Crippen LogP contribution >= 0.6 is 11.8 Å². The summed E-state index contributed by atoms with van der Waals surface area (Å²) >= 11 is 1.36. The highest BCUT2D eigenvalue weighted by Gasteiger charge is 2.30. The van der Waals surface area contributed by atoms with Gasteiger partial charge in [-0.3, -0.25) is 9.59 Å². The number of esters is 1. The van der Waals surface area contributed by atoms with E-state index in [0.29, 0.717) is 6.42 Å². The third-order valence-electron chi connectivity index (χ3n) is 3.61. The second-order valence-corrected chi connectivity index (χ2v) is 7.31. The van der Waals surface area contributed by atoms with Gasteiger partial charge in [-0.25, -0.2) is 4.79 Å². The number of hydrogen-bond donors (Lipinski definition) is 2. The maximum atomic E-state index is 12.3. The Morgan fingerprint density at radius 3 is 2.71 bits per heavy atom. The van der Waals surface area contributed by atoms with E-state index in [0.717, 1.165) is 10.6 Å². The first-order chi connectivity index (χ1) is 11.4. The van der Waals surface area contributed by atoms with Crippen molar-refractivity contribution in [3.63, 3.8) is 0 Å². The summed E-state index contributed by atoms with van der Waals surface area (Å²) in [4.78, 5) is 37.1. The average molecular weight is 350 g/mol. The molecule has 2 amide bonds. The summed E-state index contributed by atoms with van der Waals surface area (Å²) in [6, 6.07) is 6.77. The van der Waals surface area contributed by atoms with Gasteiger partial charge in [-0.1, -0.05) is 26.0 Å². The van der Waals surface area contributed by atoms with Gasteiger partial charge in [0.15, 0.2) is 0 Å². The normalized spacial score (nSPS) is 17.7. The molecular formula is C17H22N2O4S. The number of anilines is 1. The van der Waals surface area contributed by atoms with E-state index in [1.54, 1.807) is 0 Å². The minimum absolute atomic E-state index is 0.0103. The maximum absolute atomic E-state index is 12.3. The number of benzene rings is 1. The molecule has 0 aliphatic carbocycles. The molecule has 6 nitrogen and oxygen atoms in total. The fraction of sp³-hybridized carbons (Fsp3) is 0.471. The van der Waals surface area contributed by atoms with Crippen LogP contribution in [0.1, 0.15) is 26.7 Å². The largest absolute Gasteiger partial charge is 0.467 e. The van der Waals surface area contributed by atoms with Gasteiger partial charge in [-0.15, -0.1) is 11.8 Å². The molecule has 1 heterocycles. The lowest BCUT2D eigenvalue weighted by molar-refractivity contribution is -0.145. The summed E-state index contributed by atoms with van der Waals surface area (Å²) in [5.74, 6) is -0.776. The monoisotopic (exact) mass is 350 g/mol. The van der Waals surface area contributed by atoms with Crippen molar-refractivity contribution in [1.29, 1.82) is 0 Å². The van der Waals surface area contributed by atoms with Crippen LogP contribution in [0, 0.1) is 5.92 Å². The van der Waals surface area contributed by atoms with Crippen LogP contribution in [-0.4, -0.2) is 36.2 Å². The Hall–Kier alpha value is -2.02. The summed E-state index contributed by atoms with van der Waals surface area (Å²) in [7, 11) is 1.29. The molecule has 24 heavy (non-hydrogen) atoms. The Morgan fingerprint density at radius 2 is 2.04 bits per heavy atom. The fourth-order valence-corrected chi connectivity index (χ4v) is 3.59. The van der Waals surface area contributed by atoms with E-state index in [4.69, 9.17) is 4.74 Å². The highest BCUT2D eigenvalue weighted by atomic mass is 32.2. The third kappa shape index (κ3) is 4.74. The van der Waals surface area contributed by atoms with Gasteiger partial charge in [0, 0.05) is 11.3 Å². The zero-order valence-electron chi connectivity index (χ0n) is 14.0. The first-order valence-corrected chi connectivity index (χ1v) is 8.72. The van der Waals surface area contributed by atoms with E-state index in [-0.39, 0.29) is 24.2 Å². The van der Waals surface area contributed by atoms with Gasteiger partial charge < -0.3 is 15.4 Å². The molecule has 0 aromatic heterocycles. The summed E-state index contributed by atoms with van der Waals surface area (Å²) in [6.07, 6.45) is 0.502. The molecule has 1 aliphatic rings. The number of methoxy groups -OCH3 is 1. The van der Waals surface area contributed by atoms with Crippen LogP contribution in [0.3, 0.4) is 0 Å². The first kappa shape index (κ1) is 18.3. The van der Waals surface area contributed by atoms with Crippen LogP contribution in [0.4, 0.5) is 5.69 Å². The van der Waals surface area contributed by atoms with Crippen LogP contribution in [0.15, 0.2) is 29.2 Å². The smallest absolute Gasteiger partial charge is 0.328 e. The predicted molar refractivity (Wildman–Crippen MR) is 92.7 cm³/mol. The lowest BCUT2D eigenvalue weighted by atomic mass is 10.0. The summed E-state index contributed by atoms with van der Waals surface area (Å²) in [5, 5.41) is 4.97. The van der Waals surface area contributed by atoms with Crippen LogP contribution in [-0.2, 0) is 19.1 Å². The molecule has 0 saturated heterocycles.